The molecule has 0 aliphatic heterocycles. The van der Waals surface area contributed by atoms with Gasteiger partial charge in [0, 0.05) is 12.6 Å². The van der Waals surface area contributed by atoms with Crippen molar-refractivity contribution >= 4 is 17.6 Å². The van der Waals surface area contributed by atoms with Crippen LogP contribution in [0.3, 0.4) is 0 Å². The molecule has 1 amide bonds. The number of methoxy groups -OCH3 is 1. The molecule has 0 spiro atoms. The fraction of sp³-hybridized carbons (Fsp3) is 0.267. The van der Waals surface area contributed by atoms with Crippen molar-refractivity contribution in [2.24, 2.45) is 0 Å². The number of hydrogen-bond donors (Lipinski definition) is 1. The molecule has 2 aromatic rings. The predicted molar refractivity (Wildman–Crippen MR) is 76.1 cm³/mol. The summed E-state index contributed by atoms with van der Waals surface area (Å²) in [6.07, 6.45) is 0.153. The summed E-state index contributed by atoms with van der Waals surface area (Å²) < 4.78 is 9.88. The minimum atomic E-state index is -0.372. The zero-order valence-corrected chi connectivity index (χ0v) is 12.1. The molecule has 1 aromatic heterocycles. The van der Waals surface area contributed by atoms with Gasteiger partial charge in [0.25, 0.3) is 5.91 Å². The maximum atomic E-state index is 12.1. The standard InChI is InChI=1S/C15H16N2O4/c1-9-14(21-10(2)16-9)15(19)17-12-6-4-5-11(7-12)8-13(18)20-3/h4-7H,8H2,1-3H3,(H,17,19). The Bertz CT molecular complexity index is 676. The summed E-state index contributed by atoms with van der Waals surface area (Å²) in [4.78, 5) is 27.4. The topological polar surface area (TPSA) is 81.4 Å². The van der Waals surface area contributed by atoms with Crippen LogP contribution in [-0.2, 0) is 16.0 Å². The number of oxazole rings is 1. The number of carbonyl (C=O) groups is 2. The molecule has 0 fully saturated rings. The van der Waals surface area contributed by atoms with Crippen LogP contribution in [0.2, 0.25) is 0 Å². The summed E-state index contributed by atoms with van der Waals surface area (Å²) in [5.41, 5.74) is 1.87. The largest absolute Gasteiger partial charge is 0.469 e. The third-order valence-corrected chi connectivity index (χ3v) is 2.87. The van der Waals surface area contributed by atoms with Gasteiger partial charge in [0.15, 0.2) is 5.89 Å². The van der Waals surface area contributed by atoms with Crippen molar-refractivity contribution < 1.29 is 18.7 Å². The molecule has 21 heavy (non-hydrogen) atoms. The van der Waals surface area contributed by atoms with Gasteiger partial charge < -0.3 is 14.5 Å². The van der Waals surface area contributed by atoms with Gasteiger partial charge in [0.1, 0.15) is 0 Å². The Morgan fingerprint density at radius 1 is 1.33 bits per heavy atom. The molecule has 0 unspecified atom stereocenters. The summed E-state index contributed by atoms with van der Waals surface area (Å²) in [7, 11) is 1.34. The van der Waals surface area contributed by atoms with Crippen LogP contribution >= 0.6 is 0 Å². The summed E-state index contributed by atoms with van der Waals surface area (Å²) in [5.74, 6) is -0.0774. The fourth-order valence-electron chi connectivity index (χ4n) is 1.93. The van der Waals surface area contributed by atoms with Gasteiger partial charge in [0.05, 0.1) is 19.2 Å². The van der Waals surface area contributed by atoms with Crippen LogP contribution in [0.4, 0.5) is 5.69 Å². The van der Waals surface area contributed by atoms with E-state index in [1.165, 1.54) is 7.11 Å². The van der Waals surface area contributed by atoms with Crippen molar-refractivity contribution in [2.45, 2.75) is 20.3 Å². The first-order valence-corrected chi connectivity index (χ1v) is 6.40. The van der Waals surface area contributed by atoms with Gasteiger partial charge in [-0.1, -0.05) is 12.1 Å². The molecule has 0 saturated heterocycles. The Hall–Kier alpha value is -2.63. The number of carbonyl (C=O) groups excluding carboxylic acids is 2. The van der Waals surface area contributed by atoms with E-state index in [1.807, 2.05) is 0 Å². The van der Waals surface area contributed by atoms with E-state index < -0.39 is 0 Å². The summed E-state index contributed by atoms with van der Waals surface area (Å²) >= 11 is 0. The number of nitrogens with zero attached hydrogens (tertiary/aromatic N) is 1. The fourth-order valence-corrected chi connectivity index (χ4v) is 1.93. The van der Waals surface area contributed by atoms with Gasteiger partial charge in [-0.25, -0.2) is 4.98 Å². The molecule has 0 bridgehead atoms. The van der Waals surface area contributed by atoms with Crippen molar-refractivity contribution in [3.8, 4) is 0 Å². The lowest BCUT2D eigenvalue weighted by atomic mass is 10.1. The third kappa shape index (κ3) is 3.68. The molecule has 0 aliphatic carbocycles. The van der Waals surface area contributed by atoms with Crippen LogP contribution in [0.5, 0.6) is 0 Å². The number of nitrogens with one attached hydrogen (secondary N) is 1. The van der Waals surface area contributed by atoms with Gasteiger partial charge in [-0.05, 0) is 24.6 Å². The van der Waals surface area contributed by atoms with E-state index in [0.717, 1.165) is 5.56 Å². The molecule has 1 aromatic carbocycles. The number of anilines is 1. The van der Waals surface area contributed by atoms with Crippen LogP contribution in [0.25, 0.3) is 0 Å². The van der Waals surface area contributed by atoms with Gasteiger partial charge in [-0.3, -0.25) is 9.59 Å². The van der Waals surface area contributed by atoms with E-state index in [2.05, 4.69) is 15.0 Å². The van der Waals surface area contributed by atoms with Crippen molar-refractivity contribution in [3.63, 3.8) is 0 Å². The van der Waals surface area contributed by atoms with E-state index in [1.54, 1.807) is 38.1 Å². The molecule has 6 heteroatoms. The van der Waals surface area contributed by atoms with Crippen LogP contribution in [0.15, 0.2) is 28.7 Å². The van der Waals surface area contributed by atoms with E-state index in [9.17, 15) is 9.59 Å². The molecule has 1 heterocycles. The highest BCUT2D eigenvalue weighted by atomic mass is 16.5. The van der Waals surface area contributed by atoms with Crippen molar-refractivity contribution in [1.82, 2.24) is 4.98 Å². The molecule has 6 nitrogen and oxygen atoms in total. The average Bonchev–Trinajstić information content (AvgIpc) is 2.78. The molecule has 0 saturated carbocycles. The first-order valence-electron chi connectivity index (χ1n) is 6.40. The second-order valence-corrected chi connectivity index (χ2v) is 4.55. The van der Waals surface area contributed by atoms with Crippen LogP contribution in [0.1, 0.15) is 27.7 Å². The SMILES string of the molecule is COC(=O)Cc1cccc(NC(=O)c2oc(C)nc2C)c1. The predicted octanol–water partition coefficient (Wildman–Crippen LogP) is 2.26. The highest BCUT2D eigenvalue weighted by molar-refractivity contribution is 6.03. The van der Waals surface area contributed by atoms with Crippen molar-refractivity contribution in [3.05, 3.63) is 47.2 Å². The number of aromatic nitrogens is 1. The summed E-state index contributed by atoms with van der Waals surface area (Å²) in [6, 6.07) is 6.99. The van der Waals surface area contributed by atoms with Gasteiger partial charge in [0.2, 0.25) is 5.76 Å². The molecule has 2 rings (SSSR count). The Balaban J connectivity index is 2.12. The maximum Gasteiger partial charge on any atom is 0.309 e. The quantitative estimate of drug-likeness (QED) is 0.873. The monoisotopic (exact) mass is 288 g/mol. The number of esters is 1. The molecule has 0 atom stereocenters. The zero-order chi connectivity index (χ0) is 15.4. The van der Waals surface area contributed by atoms with Gasteiger partial charge in [-0.15, -0.1) is 0 Å². The Morgan fingerprint density at radius 2 is 2.10 bits per heavy atom. The second-order valence-electron chi connectivity index (χ2n) is 4.55. The van der Waals surface area contributed by atoms with E-state index in [4.69, 9.17) is 4.42 Å². The average molecular weight is 288 g/mol. The maximum absolute atomic E-state index is 12.1. The molecule has 1 N–H and O–H groups in total. The lowest BCUT2D eigenvalue weighted by Crippen LogP contribution is -2.13. The van der Waals surface area contributed by atoms with Gasteiger partial charge >= 0.3 is 5.97 Å². The minimum Gasteiger partial charge on any atom is -0.469 e. The van der Waals surface area contributed by atoms with Crippen molar-refractivity contribution in [1.29, 1.82) is 0 Å². The second kappa shape index (κ2) is 6.21. The first kappa shape index (κ1) is 14.8. The van der Waals surface area contributed by atoms with Crippen LogP contribution in [-0.4, -0.2) is 24.0 Å². The lowest BCUT2D eigenvalue weighted by Gasteiger charge is -2.06. The molecule has 110 valence electrons. The first-order chi connectivity index (χ1) is 9.99. The van der Waals surface area contributed by atoms with Crippen molar-refractivity contribution in [2.75, 3.05) is 12.4 Å². The number of hydrogen-bond acceptors (Lipinski definition) is 5. The van der Waals surface area contributed by atoms with Crippen LogP contribution < -0.4 is 5.32 Å². The van der Waals surface area contributed by atoms with E-state index in [-0.39, 0.29) is 24.1 Å². The number of aryl methyl sites for hydroxylation is 2. The van der Waals surface area contributed by atoms with Crippen LogP contribution in [0, 0.1) is 13.8 Å². The third-order valence-electron chi connectivity index (χ3n) is 2.87. The Morgan fingerprint density at radius 3 is 2.71 bits per heavy atom. The molecular formula is C15H16N2O4. The number of ether oxygens (including phenoxy) is 1. The van der Waals surface area contributed by atoms with Gasteiger partial charge in [-0.2, -0.15) is 0 Å². The number of benzene rings is 1. The molecule has 0 radical (unpaired) electrons. The summed E-state index contributed by atoms with van der Waals surface area (Å²) in [6.45, 7) is 3.39. The summed E-state index contributed by atoms with van der Waals surface area (Å²) in [5, 5.41) is 2.72. The Kier molecular flexibility index (Phi) is 4.37. The lowest BCUT2D eigenvalue weighted by molar-refractivity contribution is -0.139. The molecule has 0 aliphatic rings. The smallest absolute Gasteiger partial charge is 0.309 e. The zero-order valence-electron chi connectivity index (χ0n) is 12.1. The number of amides is 1. The highest BCUT2D eigenvalue weighted by Crippen LogP contribution is 2.15. The normalized spacial score (nSPS) is 10.2. The Labute approximate surface area is 122 Å². The molecular weight excluding hydrogens is 272 g/mol. The van der Waals surface area contributed by atoms with E-state index >= 15 is 0 Å². The van der Waals surface area contributed by atoms with E-state index in [0.29, 0.717) is 17.3 Å². The number of rotatable bonds is 4. The highest BCUT2D eigenvalue weighted by Gasteiger charge is 2.16. The minimum absolute atomic E-state index is 0.153.